The van der Waals surface area contributed by atoms with Gasteiger partial charge in [-0.15, -0.1) is 0 Å². The molecule has 1 aliphatic heterocycles. The van der Waals surface area contributed by atoms with Gasteiger partial charge in [-0.05, 0) is 55.5 Å². The normalized spacial score (nSPS) is 19.0. The summed E-state index contributed by atoms with van der Waals surface area (Å²) in [6, 6.07) is 8.03. The highest BCUT2D eigenvalue weighted by Crippen LogP contribution is 2.38. The number of pyridine rings is 1. The minimum absolute atomic E-state index is 0.200. The van der Waals surface area contributed by atoms with Crippen molar-refractivity contribution in [1.29, 1.82) is 0 Å². The van der Waals surface area contributed by atoms with Crippen LogP contribution in [0.4, 0.5) is 5.69 Å². The van der Waals surface area contributed by atoms with E-state index in [-0.39, 0.29) is 12.1 Å². The molecule has 2 aromatic heterocycles. The maximum Gasteiger partial charge on any atom is 0.275 e. The van der Waals surface area contributed by atoms with Crippen LogP contribution in [0.2, 0.25) is 0 Å². The topological polar surface area (TPSA) is 81.1 Å². The zero-order valence-electron chi connectivity index (χ0n) is 17.9. The Morgan fingerprint density at radius 2 is 2.06 bits per heavy atom. The number of anilines is 1. The third kappa shape index (κ3) is 4.00. The van der Waals surface area contributed by atoms with E-state index < -0.39 is 0 Å². The summed E-state index contributed by atoms with van der Waals surface area (Å²) in [7, 11) is 1.92. The van der Waals surface area contributed by atoms with E-state index in [1.165, 1.54) is 31.1 Å². The van der Waals surface area contributed by atoms with Crippen LogP contribution in [0.25, 0.3) is 10.9 Å². The van der Waals surface area contributed by atoms with Crippen molar-refractivity contribution >= 4 is 22.5 Å². The summed E-state index contributed by atoms with van der Waals surface area (Å²) in [5.74, 6) is 0.248. The molecule has 3 aromatic rings. The van der Waals surface area contributed by atoms with Crippen LogP contribution in [0.15, 0.2) is 48.6 Å². The van der Waals surface area contributed by atoms with E-state index in [2.05, 4.69) is 26.8 Å². The van der Waals surface area contributed by atoms with Gasteiger partial charge in [-0.2, -0.15) is 5.10 Å². The minimum atomic E-state index is -0.388. The van der Waals surface area contributed by atoms with Gasteiger partial charge in [-0.1, -0.05) is 19.3 Å². The first-order chi connectivity index (χ1) is 15.1. The molecule has 1 unspecified atom stereocenters. The summed E-state index contributed by atoms with van der Waals surface area (Å²) in [5.41, 5.74) is 5.27. The van der Waals surface area contributed by atoms with E-state index in [0.717, 1.165) is 40.7 Å². The number of hydrogen-bond acceptors (Lipinski definition) is 5. The van der Waals surface area contributed by atoms with Crippen LogP contribution < -0.4 is 10.6 Å². The quantitative estimate of drug-likeness (QED) is 0.657. The van der Waals surface area contributed by atoms with Gasteiger partial charge >= 0.3 is 0 Å². The molecule has 2 N–H and O–H groups in total. The Morgan fingerprint density at radius 3 is 2.87 bits per heavy atom. The zero-order valence-corrected chi connectivity index (χ0v) is 17.9. The molecule has 1 fully saturated rings. The SMILES string of the molecule is Cc1cc(C2NC(C(=O)Nc3cc4cn(C)nc4cc3C3CCCCC3)=CO2)ccn1. The number of rotatable bonds is 4. The molecule has 1 aliphatic carbocycles. The van der Waals surface area contributed by atoms with E-state index in [0.29, 0.717) is 11.6 Å². The maximum absolute atomic E-state index is 13.1. The lowest BCUT2D eigenvalue weighted by Crippen LogP contribution is -2.25. The molecule has 0 spiro atoms. The molecule has 7 nitrogen and oxygen atoms in total. The van der Waals surface area contributed by atoms with E-state index in [1.54, 1.807) is 6.20 Å². The fraction of sp³-hybridized carbons (Fsp3) is 0.375. The Labute approximate surface area is 181 Å². The van der Waals surface area contributed by atoms with Gasteiger partial charge in [-0.3, -0.25) is 14.5 Å². The van der Waals surface area contributed by atoms with Gasteiger partial charge in [-0.25, -0.2) is 0 Å². The number of benzene rings is 1. The predicted molar refractivity (Wildman–Crippen MR) is 119 cm³/mol. The minimum Gasteiger partial charge on any atom is -0.472 e. The molecule has 1 amide bonds. The zero-order chi connectivity index (χ0) is 21.4. The highest BCUT2D eigenvalue weighted by Gasteiger charge is 2.26. The summed E-state index contributed by atoms with van der Waals surface area (Å²) in [5, 5.41) is 11.9. The van der Waals surface area contributed by atoms with Gasteiger partial charge in [0.15, 0.2) is 6.23 Å². The van der Waals surface area contributed by atoms with Gasteiger partial charge in [0, 0.05) is 41.8 Å². The van der Waals surface area contributed by atoms with Gasteiger partial charge in [0.2, 0.25) is 0 Å². The van der Waals surface area contributed by atoms with Gasteiger partial charge in [0.05, 0.1) is 5.52 Å². The molecule has 7 heteroatoms. The van der Waals surface area contributed by atoms with Crippen molar-refractivity contribution in [3.05, 3.63) is 65.4 Å². The number of nitrogens with zero attached hydrogens (tertiary/aromatic N) is 3. The lowest BCUT2D eigenvalue weighted by molar-refractivity contribution is -0.113. The van der Waals surface area contributed by atoms with Crippen molar-refractivity contribution in [2.24, 2.45) is 7.05 Å². The molecule has 2 aliphatic rings. The number of ether oxygens (including phenoxy) is 1. The highest BCUT2D eigenvalue weighted by molar-refractivity contribution is 6.05. The fourth-order valence-corrected chi connectivity index (χ4v) is 4.62. The van der Waals surface area contributed by atoms with Crippen molar-refractivity contribution in [2.75, 3.05) is 5.32 Å². The van der Waals surface area contributed by atoms with Crippen molar-refractivity contribution in [3.63, 3.8) is 0 Å². The maximum atomic E-state index is 13.1. The number of fused-ring (bicyclic) bond motifs is 1. The van der Waals surface area contributed by atoms with Crippen LogP contribution in [0, 0.1) is 6.92 Å². The number of nitrogens with one attached hydrogen (secondary N) is 2. The van der Waals surface area contributed by atoms with E-state index in [4.69, 9.17) is 4.74 Å². The molecule has 5 rings (SSSR count). The molecule has 0 bridgehead atoms. The highest BCUT2D eigenvalue weighted by atomic mass is 16.5. The van der Waals surface area contributed by atoms with Crippen LogP contribution in [0.3, 0.4) is 0 Å². The molecule has 1 atom stereocenters. The molecule has 0 saturated heterocycles. The standard InChI is InChI=1S/C24H27N5O2/c1-15-10-17(8-9-25-15)24-27-22(14-31-24)23(30)26-21-11-18-13-29(2)28-20(18)12-19(21)16-6-4-3-5-7-16/h8-14,16,24,27H,3-7H2,1-2H3,(H,26,30). The van der Waals surface area contributed by atoms with Crippen LogP contribution >= 0.6 is 0 Å². The second-order valence-corrected chi connectivity index (χ2v) is 8.51. The second-order valence-electron chi connectivity index (χ2n) is 8.51. The van der Waals surface area contributed by atoms with E-state index in [1.807, 2.05) is 43.0 Å². The number of hydrogen-bond donors (Lipinski definition) is 2. The van der Waals surface area contributed by atoms with Crippen LogP contribution in [-0.4, -0.2) is 20.7 Å². The number of aromatic nitrogens is 3. The summed E-state index contributed by atoms with van der Waals surface area (Å²) in [4.78, 5) is 17.3. The van der Waals surface area contributed by atoms with Crippen LogP contribution in [-0.2, 0) is 16.6 Å². The first kappa shape index (κ1) is 19.6. The first-order valence-electron chi connectivity index (χ1n) is 10.9. The van der Waals surface area contributed by atoms with Crippen LogP contribution in [0.1, 0.15) is 61.1 Å². The molecule has 0 radical (unpaired) electrons. The number of amides is 1. The van der Waals surface area contributed by atoms with E-state index in [9.17, 15) is 4.79 Å². The summed E-state index contributed by atoms with van der Waals surface area (Å²) >= 11 is 0. The van der Waals surface area contributed by atoms with Gasteiger partial charge in [0.25, 0.3) is 5.91 Å². The van der Waals surface area contributed by atoms with Crippen molar-refractivity contribution < 1.29 is 9.53 Å². The summed E-state index contributed by atoms with van der Waals surface area (Å²) < 4.78 is 7.53. The Kier molecular flexibility index (Phi) is 5.10. The third-order valence-electron chi connectivity index (χ3n) is 6.16. The predicted octanol–water partition coefficient (Wildman–Crippen LogP) is 4.42. The Balaban J connectivity index is 1.38. The average Bonchev–Trinajstić information content (AvgIpc) is 3.40. The molecule has 1 saturated carbocycles. The van der Waals surface area contributed by atoms with E-state index >= 15 is 0 Å². The lowest BCUT2D eigenvalue weighted by Gasteiger charge is -2.24. The molecular weight excluding hydrogens is 390 g/mol. The lowest BCUT2D eigenvalue weighted by atomic mass is 9.83. The summed E-state index contributed by atoms with van der Waals surface area (Å²) in [6.45, 7) is 1.93. The third-order valence-corrected chi connectivity index (χ3v) is 6.16. The number of aryl methyl sites for hydroxylation is 2. The molecule has 160 valence electrons. The Bertz CT molecular complexity index is 1160. The monoisotopic (exact) mass is 417 g/mol. The average molecular weight is 418 g/mol. The van der Waals surface area contributed by atoms with Crippen molar-refractivity contribution in [1.82, 2.24) is 20.1 Å². The number of carbonyl (C=O) groups is 1. The van der Waals surface area contributed by atoms with Crippen LogP contribution in [0.5, 0.6) is 0 Å². The van der Waals surface area contributed by atoms with Gasteiger partial charge < -0.3 is 15.4 Å². The smallest absolute Gasteiger partial charge is 0.275 e. The second kappa shape index (κ2) is 8.06. The van der Waals surface area contributed by atoms with Gasteiger partial charge in [0.1, 0.15) is 12.0 Å². The first-order valence-corrected chi connectivity index (χ1v) is 10.9. The summed E-state index contributed by atoms with van der Waals surface area (Å²) in [6.07, 6.45) is 10.9. The van der Waals surface area contributed by atoms with Crippen molar-refractivity contribution in [3.8, 4) is 0 Å². The largest absolute Gasteiger partial charge is 0.472 e. The number of carbonyl (C=O) groups excluding carboxylic acids is 1. The Morgan fingerprint density at radius 1 is 1.23 bits per heavy atom. The fourth-order valence-electron chi connectivity index (χ4n) is 4.62. The molecule has 1 aromatic carbocycles. The Hall–Kier alpha value is -3.35. The molecule has 31 heavy (non-hydrogen) atoms. The van der Waals surface area contributed by atoms with Crippen molar-refractivity contribution in [2.45, 2.75) is 51.2 Å². The molecule has 3 heterocycles. The molecular formula is C24H27N5O2.